The molecular formula is C45H29N3. The molecule has 0 amide bonds. The number of rotatable bonds is 3. The molecule has 0 saturated heterocycles. The first-order valence-electron chi connectivity index (χ1n) is 16.6. The molecule has 0 unspecified atom stereocenters. The van der Waals surface area contributed by atoms with Crippen LogP contribution in [0, 0.1) is 0 Å². The van der Waals surface area contributed by atoms with E-state index in [2.05, 4.69) is 172 Å². The van der Waals surface area contributed by atoms with E-state index in [1.807, 2.05) is 0 Å². The average molecular weight is 612 g/mol. The number of para-hydroxylation sites is 3. The highest BCUT2D eigenvalue weighted by Crippen LogP contribution is 2.45. The van der Waals surface area contributed by atoms with Crippen molar-refractivity contribution in [3.63, 3.8) is 0 Å². The Hall–Kier alpha value is -6.32. The van der Waals surface area contributed by atoms with Crippen LogP contribution >= 0.6 is 0 Å². The molecule has 11 rings (SSSR count). The monoisotopic (exact) mass is 611 g/mol. The minimum Gasteiger partial charge on any atom is -0.387 e. The first-order chi connectivity index (χ1) is 23.8. The minimum absolute atomic E-state index is 0.866. The molecule has 9 aromatic rings. The molecule has 0 atom stereocenters. The summed E-state index contributed by atoms with van der Waals surface area (Å²) >= 11 is 0. The number of hydrogen-bond acceptors (Lipinski definition) is 1. The van der Waals surface area contributed by atoms with Gasteiger partial charge in [0.15, 0.2) is 0 Å². The average Bonchev–Trinajstić information content (AvgIpc) is 3.78. The Morgan fingerprint density at radius 1 is 0.458 bits per heavy atom. The molecule has 1 aliphatic carbocycles. The maximum Gasteiger partial charge on any atom is 0.0547 e. The summed E-state index contributed by atoms with van der Waals surface area (Å²) in [6.45, 7) is 0.866. The second kappa shape index (κ2) is 9.60. The van der Waals surface area contributed by atoms with Crippen molar-refractivity contribution in [2.24, 2.45) is 0 Å². The Labute approximate surface area is 277 Å². The summed E-state index contributed by atoms with van der Waals surface area (Å²) in [4.78, 5) is 0. The fourth-order valence-corrected chi connectivity index (χ4v) is 8.43. The summed E-state index contributed by atoms with van der Waals surface area (Å²) in [5, 5.41) is 11.1. The van der Waals surface area contributed by atoms with Gasteiger partial charge in [0, 0.05) is 39.5 Å². The van der Waals surface area contributed by atoms with E-state index in [-0.39, 0.29) is 0 Å². The van der Waals surface area contributed by atoms with Crippen LogP contribution in [0.15, 0.2) is 158 Å². The smallest absolute Gasteiger partial charge is 0.0547 e. The quantitative estimate of drug-likeness (QED) is 0.211. The summed E-state index contributed by atoms with van der Waals surface area (Å²) < 4.78 is 4.85. The Morgan fingerprint density at radius 2 is 1.15 bits per heavy atom. The standard InChI is InChI=1S/C45H29N3/c1-2-10-31(11-3-1)47-41-15-6-4-12-34(41)36-19-17-29(25-44(36)47)28-18-20-43-38(24-28)35-13-5-7-16-42(35)48(43)32-23-30-9-8-14-37-40-27-46-22-21-33(40)39(26-32)45(30)37/h1-26,46H,27H2. The molecule has 0 radical (unpaired) electrons. The van der Waals surface area contributed by atoms with Gasteiger partial charge in [0.25, 0.3) is 0 Å². The van der Waals surface area contributed by atoms with Crippen molar-refractivity contribution in [3.8, 4) is 22.5 Å². The zero-order valence-corrected chi connectivity index (χ0v) is 26.1. The summed E-state index contributed by atoms with van der Waals surface area (Å²) in [5.74, 6) is 0. The lowest BCUT2D eigenvalue weighted by Gasteiger charge is -2.13. The molecule has 1 aliphatic heterocycles. The van der Waals surface area contributed by atoms with E-state index in [0.29, 0.717) is 0 Å². The van der Waals surface area contributed by atoms with Gasteiger partial charge in [-0.1, -0.05) is 91.0 Å². The van der Waals surface area contributed by atoms with Crippen LogP contribution in [-0.4, -0.2) is 15.7 Å². The van der Waals surface area contributed by atoms with Crippen LogP contribution < -0.4 is 5.32 Å². The van der Waals surface area contributed by atoms with Crippen molar-refractivity contribution < 1.29 is 0 Å². The van der Waals surface area contributed by atoms with E-state index in [0.717, 1.165) is 6.54 Å². The van der Waals surface area contributed by atoms with Gasteiger partial charge in [0.1, 0.15) is 0 Å². The highest BCUT2D eigenvalue weighted by atomic mass is 15.0. The van der Waals surface area contributed by atoms with Gasteiger partial charge >= 0.3 is 0 Å². The van der Waals surface area contributed by atoms with Gasteiger partial charge in [-0.05, 0) is 111 Å². The van der Waals surface area contributed by atoms with Gasteiger partial charge in [-0.3, -0.25) is 0 Å². The molecule has 224 valence electrons. The van der Waals surface area contributed by atoms with E-state index in [1.54, 1.807) is 0 Å². The van der Waals surface area contributed by atoms with Crippen molar-refractivity contribution in [1.82, 2.24) is 14.5 Å². The third-order valence-electron chi connectivity index (χ3n) is 10.5. The van der Waals surface area contributed by atoms with E-state index >= 15 is 0 Å². The molecular weight excluding hydrogens is 583 g/mol. The summed E-state index contributed by atoms with van der Waals surface area (Å²) in [6, 6.07) is 53.7. The molecule has 48 heavy (non-hydrogen) atoms. The predicted octanol–water partition coefficient (Wildman–Crippen LogP) is 11.0. The predicted molar refractivity (Wildman–Crippen MR) is 202 cm³/mol. The van der Waals surface area contributed by atoms with Gasteiger partial charge in [-0.25, -0.2) is 0 Å². The van der Waals surface area contributed by atoms with Crippen molar-refractivity contribution in [3.05, 3.63) is 169 Å². The third-order valence-corrected chi connectivity index (χ3v) is 10.5. The van der Waals surface area contributed by atoms with Gasteiger partial charge in [0.2, 0.25) is 0 Å². The largest absolute Gasteiger partial charge is 0.387 e. The number of benzene rings is 7. The Kier molecular flexibility index (Phi) is 5.17. The Bertz CT molecular complexity index is 2880. The topological polar surface area (TPSA) is 21.9 Å². The first-order valence-corrected chi connectivity index (χ1v) is 16.6. The number of dihydropyridines is 1. The van der Waals surface area contributed by atoms with Crippen LogP contribution in [0.5, 0.6) is 0 Å². The van der Waals surface area contributed by atoms with Gasteiger partial charge in [-0.2, -0.15) is 0 Å². The highest BCUT2D eigenvalue weighted by Gasteiger charge is 2.25. The summed E-state index contributed by atoms with van der Waals surface area (Å²) in [6.07, 6.45) is 4.32. The number of hydrogen-bond donors (Lipinski definition) is 1. The zero-order valence-electron chi connectivity index (χ0n) is 26.1. The number of allylic oxidation sites excluding steroid dienone is 2. The lowest BCUT2D eigenvalue weighted by Crippen LogP contribution is -2.12. The number of nitrogens with zero attached hydrogens (tertiary/aromatic N) is 2. The molecule has 3 heteroatoms. The normalized spacial score (nSPS) is 13.8. The molecule has 0 fully saturated rings. The second-order valence-corrected chi connectivity index (χ2v) is 13.0. The summed E-state index contributed by atoms with van der Waals surface area (Å²) in [7, 11) is 0. The lowest BCUT2D eigenvalue weighted by atomic mass is 10.0. The molecule has 7 aromatic carbocycles. The van der Waals surface area contributed by atoms with E-state index < -0.39 is 0 Å². The van der Waals surface area contributed by atoms with Crippen LogP contribution in [0.3, 0.4) is 0 Å². The van der Waals surface area contributed by atoms with Gasteiger partial charge in [0.05, 0.1) is 22.1 Å². The van der Waals surface area contributed by atoms with E-state index in [9.17, 15) is 0 Å². The molecule has 2 aromatic heterocycles. The maximum atomic E-state index is 3.43. The zero-order chi connectivity index (χ0) is 31.3. The van der Waals surface area contributed by atoms with Crippen LogP contribution in [0.4, 0.5) is 0 Å². The molecule has 1 N–H and O–H groups in total. The molecule has 3 heterocycles. The van der Waals surface area contributed by atoms with E-state index in [4.69, 9.17) is 0 Å². The van der Waals surface area contributed by atoms with E-state index in [1.165, 1.54) is 99.2 Å². The number of fused-ring (bicyclic) bond motifs is 8. The van der Waals surface area contributed by atoms with Crippen LogP contribution in [-0.2, 0) is 0 Å². The molecule has 0 saturated carbocycles. The number of nitrogens with one attached hydrogen (secondary N) is 1. The summed E-state index contributed by atoms with van der Waals surface area (Å²) in [5.41, 5.74) is 15.1. The minimum atomic E-state index is 0.866. The Balaban J connectivity index is 1.13. The van der Waals surface area contributed by atoms with Crippen LogP contribution in [0.25, 0.3) is 88.0 Å². The number of aromatic nitrogens is 2. The van der Waals surface area contributed by atoms with Crippen LogP contribution in [0.2, 0.25) is 0 Å². The highest BCUT2D eigenvalue weighted by molar-refractivity contribution is 6.18. The van der Waals surface area contributed by atoms with Crippen molar-refractivity contribution in [2.45, 2.75) is 0 Å². The third kappa shape index (κ3) is 3.48. The van der Waals surface area contributed by atoms with Gasteiger partial charge in [-0.15, -0.1) is 0 Å². The molecule has 3 nitrogen and oxygen atoms in total. The Morgan fingerprint density at radius 3 is 2.00 bits per heavy atom. The molecule has 0 bridgehead atoms. The van der Waals surface area contributed by atoms with Crippen molar-refractivity contribution in [2.75, 3.05) is 6.54 Å². The van der Waals surface area contributed by atoms with Gasteiger partial charge < -0.3 is 14.5 Å². The SMILES string of the molecule is C1=CC2=C(CN1)c1cccc3cc(-n4c5ccccc5c5cc(-c6ccc7c8ccccc8n(-c8ccccc8)c7c6)ccc54)cc2c13. The maximum absolute atomic E-state index is 3.43. The molecule has 0 spiro atoms. The fourth-order valence-electron chi connectivity index (χ4n) is 8.43. The van der Waals surface area contributed by atoms with Crippen molar-refractivity contribution in [1.29, 1.82) is 0 Å². The second-order valence-electron chi connectivity index (χ2n) is 13.0. The lowest BCUT2D eigenvalue weighted by molar-refractivity contribution is 0.993. The fraction of sp³-hybridized carbons (Fsp3) is 0.0222. The van der Waals surface area contributed by atoms with Crippen molar-refractivity contribution >= 4 is 65.5 Å². The first kappa shape index (κ1) is 25.8. The van der Waals surface area contributed by atoms with Crippen LogP contribution in [0.1, 0.15) is 11.1 Å². The molecule has 2 aliphatic rings.